The molecule has 0 radical (unpaired) electrons. The van der Waals surface area contributed by atoms with Gasteiger partial charge in [-0.1, -0.05) is 12.1 Å². The highest BCUT2D eigenvalue weighted by Gasteiger charge is 2.34. The molecule has 0 bridgehead atoms. The first-order valence-corrected chi connectivity index (χ1v) is 6.96. The van der Waals surface area contributed by atoms with Crippen molar-refractivity contribution in [2.45, 2.75) is 44.2 Å². The third kappa shape index (κ3) is 2.21. The number of aliphatic hydroxyl groups excluding tert-OH is 1. The minimum atomic E-state index is -0.495. The van der Waals surface area contributed by atoms with Crippen LogP contribution >= 0.6 is 0 Å². The van der Waals surface area contributed by atoms with Gasteiger partial charge < -0.3 is 15.5 Å². The first kappa shape index (κ1) is 12.5. The van der Waals surface area contributed by atoms with E-state index in [2.05, 4.69) is 5.32 Å². The van der Waals surface area contributed by atoms with Crippen molar-refractivity contribution >= 4 is 5.91 Å². The standard InChI is InChI=1S/C15H19NO3/c17-13-5-1-3-9-10(13)7-8-12(9)16-15(19)11-4-2-6-14(11)18/h1,3,5,11-12,14,17-18H,2,4,6-8H2,(H,16,19). The molecule has 3 atom stereocenters. The quantitative estimate of drug-likeness (QED) is 0.758. The Bertz CT molecular complexity index is 500. The molecule has 2 aliphatic rings. The molecule has 4 nitrogen and oxygen atoms in total. The molecule has 1 aromatic carbocycles. The fraction of sp³-hybridized carbons (Fsp3) is 0.533. The molecule has 0 aromatic heterocycles. The van der Waals surface area contributed by atoms with Crippen LogP contribution in [0.2, 0.25) is 0 Å². The number of phenolic OH excluding ortho intramolecular Hbond substituents is 1. The van der Waals surface area contributed by atoms with Gasteiger partial charge in [0.2, 0.25) is 5.91 Å². The SMILES string of the molecule is O=C(NC1CCc2c(O)cccc21)C1CCCC1O. The lowest BCUT2D eigenvalue weighted by atomic mass is 10.0. The minimum absolute atomic E-state index is 0.0256. The average molecular weight is 261 g/mol. The molecule has 4 heteroatoms. The minimum Gasteiger partial charge on any atom is -0.508 e. The molecule has 0 spiro atoms. The molecule has 0 heterocycles. The molecule has 1 amide bonds. The molecule has 2 aliphatic carbocycles. The van der Waals surface area contributed by atoms with Gasteiger partial charge in [0.05, 0.1) is 18.1 Å². The average Bonchev–Trinajstić information content (AvgIpc) is 2.97. The molecule has 1 aromatic rings. The van der Waals surface area contributed by atoms with Gasteiger partial charge in [-0.05, 0) is 49.3 Å². The van der Waals surface area contributed by atoms with Crippen molar-refractivity contribution in [3.8, 4) is 5.75 Å². The van der Waals surface area contributed by atoms with Crippen LogP contribution in [0.25, 0.3) is 0 Å². The Hall–Kier alpha value is -1.55. The second-order valence-electron chi connectivity index (χ2n) is 5.55. The molecule has 3 N–H and O–H groups in total. The highest BCUT2D eigenvalue weighted by atomic mass is 16.3. The van der Waals surface area contributed by atoms with Gasteiger partial charge in [0, 0.05) is 0 Å². The van der Waals surface area contributed by atoms with Crippen molar-refractivity contribution in [1.29, 1.82) is 0 Å². The smallest absolute Gasteiger partial charge is 0.226 e. The summed E-state index contributed by atoms with van der Waals surface area (Å²) in [5.41, 5.74) is 1.96. The van der Waals surface area contributed by atoms with Gasteiger partial charge in [-0.15, -0.1) is 0 Å². The Morgan fingerprint density at radius 1 is 1.26 bits per heavy atom. The summed E-state index contributed by atoms with van der Waals surface area (Å²) in [7, 11) is 0. The summed E-state index contributed by atoms with van der Waals surface area (Å²) in [6.45, 7) is 0. The van der Waals surface area contributed by atoms with Crippen LogP contribution in [0.15, 0.2) is 18.2 Å². The van der Waals surface area contributed by atoms with E-state index in [0.29, 0.717) is 5.75 Å². The highest BCUT2D eigenvalue weighted by Crippen LogP contribution is 2.37. The van der Waals surface area contributed by atoms with Crippen LogP contribution in [0.4, 0.5) is 0 Å². The summed E-state index contributed by atoms with van der Waals surface area (Å²) in [5.74, 6) is 0.00250. The van der Waals surface area contributed by atoms with Crippen molar-refractivity contribution in [1.82, 2.24) is 5.32 Å². The number of rotatable bonds is 2. The van der Waals surface area contributed by atoms with E-state index in [1.165, 1.54) is 0 Å². The molecule has 0 saturated heterocycles. The van der Waals surface area contributed by atoms with Crippen molar-refractivity contribution in [2.75, 3.05) is 0 Å². The van der Waals surface area contributed by atoms with Gasteiger partial charge >= 0.3 is 0 Å². The maximum absolute atomic E-state index is 12.2. The number of hydrogen-bond acceptors (Lipinski definition) is 3. The van der Waals surface area contributed by atoms with E-state index in [1.54, 1.807) is 6.07 Å². The second kappa shape index (κ2) is 4.85. The number of nitrogens with one attached hydrogen (secondary N) is 1. The maximum atomic E-state index is 12.2. The monoisotopic (exact) mass is 261 g/mol. The van der Waals surface area contributed by atoms with E-state index >= 15 is 0 Å². The van der Waals surface area contributed by atoms with Crippen molar-refractivity contribution in [3.05, 3.63) is 29.3 Å². The Labute approximate surface area is 112 Å². The van der Waals surface area contributed by atoms with Gasteiger partial charge in [-0.2, -0.15) is 0 Å². The van der Waals surface area contributed by atoms with Crippen LogP contribution in [0.1, 0.15) is 42.9 Å². The Kier molecular flexibility index (Phi) is 3.19. The topological polar surface area (TPSA) is 69.6 Å². The number of phenols is 1. The van der Waals surface area contributed by atoms with E-state index in [-0.39, 0.29) is 17.9 Å². The summed E-state index contributed by atoms with van der Waals surface area (Å²) in [6, 6.07) is 5.42. The molecular weight excluding hydrogens is 242 g/mol. The number of hydrogen-bond donors (Lipinski definition) is 3. The zero-order valence-electron chi connectivity index (χ0n) is 10.8. The largest absolute Gasteiger partial charge is 0.508 e. The molecular formula is C15H19NO3. The van der Waals surface area contributed by atoms with Gasteiger partial charge in [-0.3, -0.25) is 4.79 Å². The maximum Gasteiger partial charge on any atom is 0.226 e. The predicted molar refractivity (Wildman–Crippen MR) is 70.7 cm³/mol. The molecule has 19 heavy (non-hydrogen) atoms. The highest BCUT2D eigenvalue weighted by molar-refractivity contribution is 5.80. The number of carbonyl (C=O) groups is 1. The van der Waals surface area contributed by atoms with E-state index in [4.69, 9.17) is 0 Å². The van der Waals surface area contributed by atoms with Crippen LogP contribution in [-0.4, -0.2) is 22.2 Å². The number of aliphatic hydroxyl groups is 1. The van der Waals surface area contributed by atoms with E-state index in [0.717, 1.165) is 43.2 Å². The molecule has 1 fully saturated rings. The summed E-state index contributed by atoms with van der Waals surface area (Å²) < 4.78 is 0. The molecule has 102 valence electrons. The van der Waals surface area contributed by atoms with Gasteiger partial charge in [0.15, 0.2) is 0 Å². The zero-order valence-corrected chi connectivity index (χ0v) is 10.8. The fourth-order valence-corrected chi connectivity index (χ4v) is 3.31. The molecule has 3 unspecified atom stereocenters. The fourth-order valence-electron chi connectivity index (χ4n) is 3.31. The van der Waals surface area contributed by atoms with Crippen molar-refractivity contribution < 1.29 is 15.0 Å². The molecule has 0 aliphatic heterocycles. The lowest BCUT2D eigenvalue weighted by Gasteiger charge is -2.19. The van der Waals surface area contributed by atoms with E-state index in [1.807, 2.05) is 12.1 Å². The molecule has 3 rings (SSSR count). The van der Waals surface area contributed by atoms with Crippen molar-refractivity contribution in [2.24, 2.45) is 5.92 Å². The van der Waals surface area contributed by atoms with Crippen LogP contribution in [0.3, 0.4) is 0 Å². The Morgan fingerprint density at radius 2 is 2.11 bits per heavy atom. The Balaban J connectivity index is 1.73. The van der Waals surface area contributed by atoms with Gasteiger partial charge in [0.1, 0.15) is 5.75 Å². The lowest BCUT2D eigenvalue weighted by molar-refractivity contribution is -0.128. The van der Waals surface area contributed by atoms with E-state index in [9.17, 15) is 15.0 Å². The van der Waals surface area contributed by atoms with E-state index < -0.39 is 6.10 Å². The second-order valence-corrected chi connectivity index (χ2v) is 5.55. The normalized spacial score (nSPS) is 29.2. The predicted octanol–water partition coefficient (Wildman–Crippen LogP) is 1.66. The van der Waals surface area contributed by atoms with Crippen LogP contribution in [-0.2, 0) is 11.2 Å². The third-order valence-corrected chi connectivity index (χ3v) is 4.38. The van der Waals surface area contributed by atoms with Crippen LogP contribution in [0, 0.1) is 5.92 Å². The van der Waals surface area contributed by atoms with Crippen LogP contribution in [0.5, 0.6) is 5.75 Å². The number of carbonyl (C=O) groups excluding carboxylic acids is 1. The summed E-state index contributed by atoms with van der Waals surface area (Å²) >= 11 is 0. The Morgan fingerprint density at radius 3 is 2.84 bits per heavy atom. The van der Waals surface area contributed by atoms with Crippen molar-refractivity contribution in [3.63, 3.8) is 0 Å². The molecule has 1 saturated carbocycles. The number of benzene rings is 1. The summed E-state index contributed by atoms with van der Waals surface area (Å²) in [5, 5.41) is 22.6. The zero-order chi connectivity index (χ0) is 13.4. The number of aromatic hydroxyl groups is 1. The third-order valence-electron chi connectivity index (χ3n) is 4.38. The number of fused-ring (bicyclic) bond motifs is 1. The van der Waals surface area contributed by atoms with Gasteiger partial charge in [0.25, 0.3) is 0 Å². The summed E-state index contributed by atoms with van der Waals surface area (Å²) in [6.07, 6.45) is 3.53. The number of amides is 1. The lowest BCUT2D eigenvalue weighted by Crippen LogP contribution is -2.36. The summed E-state index contributed by atoms with van der Waals surface area (Å²) in [4.78, 5) is 12.2. The first-order chi connectivity index (χ1) is 9.16. The first-order valence-electron chi connectivity index (χ1n) is 6.96. The van der Waals surface area contributed by atoms with Gasteiger partial charge in [-0.25, -0.2) is 0 Å². The van der Waals surface area contributed by atoms with Crippen LogP contribution < -0.4 is 5.32 Å².